The predicted molar refractivity (Wildman–Crippen MR) is 70.4 cm³/mol. The summed E-state index contributed by atoms with van der Waals surface area (Å²) in [5, 5.41) is 0.747. The van der Waals surface area contributed by atoms with Crippen LogP contribution in [0.4, 0.5) is 5.00 Å². The number of nitrogens with zero attached hydrogens (tertiary/aromatic N) is 1. The van der Waals surface area contributed by atoms with Gasteiger partial charge in [0.15, 0.2) is 5.78 Å². The SMILES string of the molecule is CN(C)CC1CCSc2sc(N)cc2C1=O. The van der Waals surface area contributed by atoms with Gasteiger partial charge in [-0.2, -0.15) is 0 Å². The van der Waals surface area contributed by atoms with Crippen LogP contribution in [0.5, 0.6) is 0 Å². The van der Waals surface area contributed by atoms with E-state index in [1.807, 2.05) is 20.2 Å². The fourth-order valence-corrected chi connectivity index (χ4v) is 4.27. The van der Waals surface area contributed by atoms with E-state index >= 15 is 0 Å². The summed E-state index contributed by atoms with van der Waals surface area (Å²) in [6.45, 7) is 0.828. The number of fused-ring (bicyclic) bond motifs is 1. The summed E-state index contributed by atoms with van der Waals surface area (Å²) in [4.78, 5) is 14.4. The molecule has 1 unspecified atom stereocenters. The highest BCUT2D eigenvalue weighted by Crippen LogP contribution is 2.38. The lowest BCUT2D eigenvalue weighted by molar-refractivity contribution is 0.0894. The van der Waals surface area contributed by atoms with Crippen molar-refractivity contribution < 1.29 is 4.79 Å². The molecule has 88 valence electrons. The highest BCUT2D eigenvalue weighted by molar-refractivity contribution is 8.01. The Morgan fingerprint density at radius 2 is 2.31 bits per heavy atom. The fourth-order valence-electron chi connectivity index (χ4n) is 1.93. The average Bonchev–Trinajstić information content (AvgIpc) is 2.50. The number of nitrogens with two attached hydrogens (primary N) is 1. The molecule has 3 nitrogen and oxygen atoms in total. The zero-order chi connectivity index (χ0) is 11.7. The number of nitrogen functional groups attached to an aromatic ring is 1. The molecular weight excluding hydrogens is 240 g/mol. The summed E-state index contributed by atoms with van der Waals surface area (Å²) in [6.07, 6.45) is 0.961. The third kappa shape index (κ3) is 2.42. The van der Waals surface area contributed by atoms with Gasteiger partial charge in [-0.3, -0.25) is 4.79 Å². The Hall–Kier alpha value is -0.520. The molecule has 0 radical (unpaired) electrons. The molecule has 1 aromatic rings. The van der Waals surface area contributed by atoms with Gasteiger partial charge in [0, 0.05) is 18.0 Å². The first kappa shape index (κ1) is 12.0. The number of thiophene rings is 1. The molecule has 1 aliphatic rings. The zero-order valence-electron chi connectivity index (χ0n) is 9.53. The van der Waals surface area contributed by atoms with Gasteiger partial charge in [0.05, 0.1) is 9.21 Å². The smallest absolute Gasteiger partial charge is 0.169 e. The second-order valence-corrected chi connectivity index (χ2v) is 6.76. The van der Waals surface area contributed by atoms with Gasteiger partial charge in [-0.05, 0) is 32.3 Å². The lowest BCUT2D eigenvalue weighted by Gasteiger charge is -2.17. The highest BCUT2D eigenvalue weighted by Gasteiger charge is 2.27. The maximum atomic E-state index is 12.3. The average molecular weight is 256 g/mol. The maximum absolute atomic E-state index is 12.3. The Bertz CT molecular complexity index is 401. The van der Waals surface area contributed by atoms with E-state index < -0.39 is 0 Å². The van der Waals surface area contributed by atoms with Gasteiger partial charge in [0.1, 0.15) is 0 Å². The predicted octanol–water partition coefficient (Wildman–Crippen LogP) is 2.19. The van der Waals surface area contributed by atoms with Crippen LogP contribution in [-0.4, -0.2) is 37.1 Å². The van der Waals surface area contributed by atoms with Crippen molar-refractivity contribution in [2.24, 2.45) is 5.92 Å². The normalized spacial score (nSPS) is 20.9. The lowest BCUT2D eigenvalue weighted by atomic mass is 9.96. The van der Waals surface area contributed by atoms with Crippen LogP contribution >= 0.6 is 23.1 Å². The number of Topliss-reactive ketones (excluding diaryl/α,β-unsaturated/α-hetero) is 1. The van der Waals surface area contributed by atoms with E-state index in [1.54, 1.807) is 11.8 Å². The standard InChI is InChI=1S/C11H16N2OS2/c1-13(2)6-7-3-4-15-11-8(10(7)14)5-9(12)16-11/h5,7H,3-4,6,12H2,1-2H3. The molecule has 0 aliphatic carbocycles. The molecule has 0 spiro atoms. The summed E-state index contributed by atoms with van der Waals surface area (Å²) in [5.41, 5.74) is 6.61. The van der Waals surface area contributed by atoms with Gasteiger partial charge >= 0.3 is 0 Å². The third-order valence-electron chi connectivity index (χ3n) is 2.64. The molecule has 5 heteroatoms. The Labute approximate surface area is 104 Å². The third-order valence-corrected chi connectivity index (χ3v) is 4.92. The minimum absolute atomic E-state index is 0.123. The first-order valence-electron chi connectivity index (χ1n) is 5.29. The minimum Gasteiger partial charge on any atom is -0.391 e. The van der Waals surface area contributed by atoms with E-state index in [9.17, 15) is 4.79 Å². The minimum atomic E-state index is 0.123. The molecule has 2 heterocycles. The van der Waals surface area contributed by atoms with Crippen molar-refractivity contribution in [2.45, 2.75) is 10.6 Å². The van der Waals surface area contributed by atoms with Crippen molar-refractivity contribution in [3.63, 3.8) is 0 Å². The number of carbonyl (C=O) groups excluding carboxylic acids is 1. The van der Waals surface area contributed by atoms with E-state index in [2.05, 4.69) is 4.90 Å². The molecule has 0 aromatic carbocycles. The molecule has 0 amide bonds. The van der Waals surface area contributed by atoms with Crippen LogP contribution < -0.4 is 5.73 Å². The Morgan fingerprint density at radius 3 is 3.00 bits per heavy atom. The van der Waals surface area contributed by atoms with Gasteiger partial charge in [-0.15, -0.1) is 23.1 Å². The molecule has 2 N–H and O–H groups in total. The van der Waals surface area contributed by atoms with Crippen molar-refractivity contribution in [3.8, 4) is 0 Å². The topological polar surface area (TPSA) is 46.3 Å². The number of hydrogen-bond donors (Lipinski definition) is 1. The first-order valence-corrected chi connectivity index (χ1v) is 7.09. The van der Waals surface area contributed by atoms with Crippen molar-refractivity contribution in [1.82, 2.24) is 4.90 Å². The quantitative estimate of drug-likeness (QED) is 0.881. The highest BCUT2D eigenvalue weighted by atomic mass is 32.2. The van der Waals surface area contributed by atoms with Crippen LogP contribution in [0.15, 0.2) is 10.3 Å². The van der Waals surface area contributed by atoms with Gasteiger partial charge in [0.2, 0.25) is 0 Å². The Balaban J connectivity index is 2.25. The second kappa shape index (κ2) is 4.77. The van der Waals surface area contributed by atoms with Gasteiger partial charge in [0.25, 0.3) is 0 Å². The summed E-state index contributed by atoms with van der Waals surface area (Å²) < 4.78 is 1.10. The fraction of sp³-hybridized carbons (Fsp3) is 0.545. The number of anilines is 1. The van der Waals surface area contributed by atoms with Crippen LogP contribution in [0, 0.1) is 5.92 Å². The molecule has 16 heavy (non-hydrogen) atoms. The van der Waals surface area contributed by atoms with Crippen LogP contribution in [-0.2, 0) is 0 Å². The van der Waals surface area contributed by atoms with E-state index in [0.29, 0.717) is 0 Å². The monoisotopic (exact) mass is 256 g/mol. The molecule has 0 bridgehead atoms. The summed E-state index contributed by atoms with van der Waals surface area (Å²) in [6, 6.07) is 1.84. The molecule has 0 fully saturated rings. The molecule has 0 saturated carbocycles. The van der Waals surface area contributed by atoms with Crippen molar-refractivity contribution in [3.05, 3.63) is 11.6 Å². The summed E-state index contributed by atoms with van der Waals surface area (Å²) in [5.74, 6) is 1.40. The van der Waals surface area contributed by atoms with Crippen LogP contribution in [0.1, 0.15) is 16.8 Å². The number of rotatable bonds is 2. The molecule has 0 saturated heterocycles. The van der Waals surface area contributed by atoms with Crippen LogP contribution in [0.3, 0.4) is 0 Å². The largest absolute Gasteiger partial charge is 0.391 e. The van der Waals surface area contributed by atoms with Crippen molar-refractivity contribution in [1.29, 1.82) is 0 Å². The van der Waals surface area contributed by atoms with E-state index in [0.717, 1.165) is 33.5 Å². The molecule has 1 atom stereocenters. The lowest BCUT2D eigenvalue weighted by Crippen LogP contribution is -2.27. The second-order valence-electron chi connectivity index (χ2n) is 4.31. The summed E-state index contributed by atoms with van der Waals surface area (Å²) in [7, 11) is 4.02. The number of hydrogen-bond acceptors (Lipinski definition) is 5. The Kier molecular flexibility index (Phi) is 3.56. The molecule has 1 aliphatic heterocycles. The van der Waals surface area contributed by atoms with E-state index in [-0.39, 0.29) is 11.7 Å². The van der Waals surface area contributed by atoms with Crippen LogP contribution in [0.2, 0.25) is 0 Å². The number of carbonyl (C=O) groups is 1. The molecule has 1 aromatic heterocycles. The molecule has 2 rings (SSSR count). The maximum Gasteiger partial charge on any atom is 0.169 e. The van der Waals surface area contributed by atoms with Crippen molar-refractivity contribution >= 4 is 33.9 Å². The number of ketones is 1. The van der Waals surface area contributed by atoms with Gasteiger partial charge in [-0.25, -0.2) is 0 Å². The first-order chi connectivity index (χ1) is 7.58. The van der Waals surface area contributed by atoms with Gasteiger partial charge in [-0.1, -0.05) is 0 Å². The van der Waals surface area contributed by atoms with E-state index in [1.165, 1.54) is 11.3 Å². The van der Waals surface area contributed by atoms with E-state index in [4.69, 9.17) is 5.73 Å². The summed E-state index contributed by atoms with van der Waals surface area (Å²) >= 11 is 3.30. The Morgan fingerprint density at radius 1 is 1.56 bits per heavy atom. The molecular formula is C11H16N2OS2. The van der Waals surface area contributed by atoms with Crippen molar-refractivity contribution in [2.75, 3.05) is 32.1 Å². The number of thioether (sulfide) groups is 1. The van der Waals surface area contributed by atoms with Gasteiger partial charge < -0.3 is 10.6 Å². The zero-order valence-corrected chi connectivity index (χ0v) is 11.2. The van der Waals surface area contributed by atoms with Crippen LogP contribution in [0.25, 0.3) is 0 Å².